The van der Waals surface area contributed by atoms with Gasteiger partial charge in [0.15, 0.2) is 0 Å². The fourth-order valence-corrected chi connectivity index (χ4v) is 1.94. The molecule has 5 heteroatoms. The van der Waals surface area contributed by atoms with Crippen molar-refractivity contribution in [1.82, 2.24) is 0 Å². The third-order valence-electron chi connectivity index (χ3n) is 2.52. The van der Waals surface area contributed by atoms with E-state index in [0.29, 0.717) is 24.1 Å². The summed E-state index contributed by atoms with van der Waals surface area (Å²) in [7, 11) is 1.59. The van der Waals surface area contributed by atoms with Crippen molar-refractivity contribution in [3.8, 4) is 5.75 Å². The molecule has 0 aromatic heterocycles. The molecule has 1 aromatic carbocycles. The van der Waals surface area contributed by atoms with E-state index in [2.05, 4.69) is 5.32 Å². The molecule has 1 aliphatic heterocycles. The molecule has 0 unspecified atom stereocenters. The molecule has 92 valence electrons. The molecular weight excluding hydrogens is 242 g/mol. The van der Waals surface area contributed by atoms with Gasteiger partial charge < -0.3 is 19.9 Å². The third-order valence-corrected chi connectivity index (χ3v) is 2.74. The summed E-state index contributed by atoms with van der Waals surface area (Å²) in [5, 5.41) is 12.9. The average molecular weight is 256 g/mol. The van der Waals surface area contributed by atoms with Gasteiger partial charge in [0.05, 0.1) is 26.0 Å². The maximum Gasteiger partial charge on any atom is 0.144 e. The predicted octanol–water partition coefficient (Wildman–Crippen LogP) is 2.12. The van der Waals surface area contributed by atoms with E-state index in [-0.39, 0.29) is 6.61 Å². The van der Waals surface area contributed by atoms with Crippen LogP contribution in [0, 0.1) is 0 Å². The van der Waals surface area contributed by atoms with Gasteiger partial charge in [-0.25, -0.2) is 0 Å². The molecule has 2 rings (SSSR count). The number of halogens is 1. The van der Waals surface area contributed by atoms with Gasteiger partial charge in [0.1, 0.15) is 12.5 Å². The molecule has 0 saturated carbocycles. The first-order valence-electron chi connectivity index (χ1n) is 5.24. The van der Waals surface area contributed by atoms with Crippen molar-refractivity contribution in [2.45, 2.75) is 0 Å². The monoisotopic (exact) mass is 255 g/mol. The van der Waals surface area contributed by atoms with Gasteiger partial charge in [0.2, 0.25) is 0 Å². The fraction of sp³-hybridized carbons (Fsp3) is 0.333. The largest absolute Gasteiger partial charge is 0.495 e. The summed E-state index contributed by atoms with van der Waals surface area (Å²) in [6, 6.07) is 3.56. The number of benzene rings is 1. The minimum atomic E-state index is -0.0335. The van der Waals surface area contributed by atoms with Crippen molar-refractivity contribution in [1.29, 1.82) is 0 Å². The van der Waals surface area contributed by atoms with Gasteiger partial charge in [-0.1, -0.05) is 11.6 Å². The summed E-state index contributed by atoms with van der Waals surface area (Å²) in [6.07, 6.45) is 1.86. The summed E-state index contributed by atoms with van der Waals surface area (Å²) < 4.78 is 10.6. The zero-order valence-electron chi connectivity index (χ0n) is 9.50. The number of aliphatic hydroxyl groups is 1. The smallest absolute Gasteiger partial charge is 0.144 e. The second-order valence-corrected chi connectivity index (χ2v) is 4.14. The van der Waals surface area contributed by atoms with E-state index in [9.17, 15) is 5.11 Å². The Kier molecular flexibility index (Phi) is 3.89. The highest BCUT2D eigenvalue weighted by Gasteiger charge is 2.12. The van der Waals surface area contributed by atoms with Crippen LogP contribution in [0.15, 0.2) is 17.7 Å². The van der Waals surface area contributed by atoms with E-state index in [1.54, 1.807) is 13.2 Å². The molecule has 1 aromatic rings. The number of fused-ring (bicyclic) bond motifs is 1. The highest BCUT2D eigenvalue weighted by molar-refractivity contribution is 6.31. The first-order valence-corrected chi connectivity index (χ1v) is 5.62. The topological polar surface area (TPSA) is 50.7 Å². The van der Waals surface area contributed by atoms with Crippen LogP contribution in [-0.4, -0.2) is 32.2 Å². The van der Waals surface area contributed by atoms with Crippen LogP contribution in [0.5, 0.6) is 5.75 Å². The standard InChI is InChI=1S/C12H14ClNO3/c1-16-11-4-10(13)3-9-2-8(5-15)6-17-7-14-12(9)11/h2-4,14-15H,5-7H2,1H3/b8-2-. The summed E-state index contributed by atoms with van der Waals surface area (Å²) in [5.74, 6) is 0.659. The normalized spacial score (nSPS) is 18.2. The predicted molar refractivity (Wildman–Crippen MR) is 67.5 cm³/mol. The highest BCUT2D eigenvalue weighted by atomic mass is 35.5. The second-order valence-electron chi connectivity index (χ2n) is 3.70. The maximum atomic E-state index is 9.20. The molecule has 17 heavy (non-hydrogen) atoms. The number of hydrogen-bond donors (Lipinski definition) is 2. The molecule has 0 saturated heterocycles. The molecule has 0 atom stereocenters. The molecule has 0 aliphatic carbocycles. The second kappa shape index (κ2) is 5.40. The van der Waals surface area contributed by atoms with Crippen molar-refractivity contribution in [2.24, 2.45) is 0 Å². The summed E-state index contributed by atoms with van der Waals surface area (Å²) in [4.78, 5) is 0. The first-order chi connectivity index (χ1) is 8.24. The van der Waals surface area contributed by atoms with Crippen LogP contribution in [0.2, 0.25) is 5.02 Å². The Morgan fingerprint density at radius 2 is 2.35 bits per heavy atom. The summed E-state index contributed by atoms with van der Waals surface area (Å²) in [5.41, 5.74) is 2.52. The molecule has 0 radical (unpaired) electrons. The van der Waals surface area contributed by atoms with Gasteiger partial charge in [-0.05, 0) is 17.7 Å². The summed E-state index contributed by atoms with van der Waals surface area (Å²) in [6.45, 7) is 0.731. The first kappa shape index (κ1) is 12.2. The van der Waals surface area contributed by atoms with Gasteiger partial charge in [-0.2, -0.15) is 0 Å². The van der Waals surface area contributed by atoms with Crippen LogP contribution in [0.4, 0.5) is 5.69 Å². The van der Waals surface area contributed by atoms with E-state index in [1.807, 2.05) is 12.1 Å². The number of methoxy groups -OCH3 is 1. The van der Waals surface area contributed by atoms with Gasteiger partial charge in [-0.3, -0.25) is 0 Å². The Hall–Kier alpha value is -1.23. The zero-order valence-corrected chi connectivity index (χ0v) is 10.3. The van der Waals surface area contributed by atoms with Crippen LogP contribution < -0.4 is 10.1 Å². The van der Waals surface area contributed by atoms with Crippen LogP contribution in [-0.2, 0) is 4.74 Å². The van der Waals surface area contributed by atoms with Gasteiger partial charge in [0, 0.05) is 16.7 Å². The van der Waals surface area contributed by atoms with Gasteiger partial charge >= 0.3 is 0 Å². The summed E-state index contributed by atoms with van der Waals surface area (Å²) >= 11 is 6.01. The van der Waals surface area contributed by atoms with E-state index in [0.717, 1.165) is 16.8 Å². The third kappa shape index (κ3) is 2.72. The number of anilines is 1. The van der Waals surface area contributed by atoms with Crippen molar-refractivity contribution < 1.29 is 14.6 Å². The molecule has 4 nitrogen and oxygen atoms in total. The Labute approximate surface area is 105 Å². The van der Waals surface area contributed by atoms with Gasteiger partial charge in [-0.15, -0.1) is 0 Å². The number of hydrogen-bond acceptors (Lipinski definition) is 4. The van der Waals surface area contributed by atoms with Crippen LogP contribution in [0.25, 0.3) is 6.08 Å². The van der Waals surface area contributed by atoms with E-state index >= 15 is 0 Å². The molecule has 1 heterocycles. The lowest BCUT2D eigenvalue weighted by atomic mass is 10.1. The lowest BCUT2D eigenvalue weighted by Crippen LogP contribution is -2.14. The van der Waals surface area contributed by atoms with Crippen molar-refractivity contribution >= 4 is 23.4 Å². The Morgan fingerprint density at radius 1 is 1.53 bits per heavy atom. The van der Waals surface area contributed by atoms with Crippen LogP contribution in [0.3, 0.4) is 0 Å². The maximum absolute atomic E-state index is 9.20. The number of ether oxygens (including phenoxy) is 2. The minimum Gasteiger partial charge on any atom is -0.495 e. The zero-order chi connectivity index (χ0) is 12.3. The molecule has 0 fully saturated rings. The highest BCUT2D eigenvalue weighted by Crippen LogP contribution is 2.34. The molecule has 0 spiro atoms. The Morgan fingerprint density at radius 3 is 3.06 bits per heavy atom. The van der Waals surface area contributed by atoms with E-state index in [1.165, 1.54) is 0 Å². The van der Waals surface area contributed by atoms with Gasteiger partial charge in [0.25, 0.3) is 0 Å². The number of rotatable bonds is 2. The SMILES string of the molecule is COc1cc(Cl)cc2c1NCOC/C(CO)=C\2. The average Bonchev–Trinajstić information content (AvgIpc) is 2.30. The molecule has 1 aliphatic rings. The van der Waals surface area contributed by atoms with E-state index < -0.39 is 0 Å². The Balaban J connectivity index is 2.53. The van der Waals surface area contributed by atoms with Crippen molar-refractivity contribution in [2.75, 3.05) is 32.4 Å². The van der Waals surface area contributed by atoms with Crippen LogP contribution >= 0.6 is 11.6 Å². The van der Waals surface area contributed by atoms with Crippen LogP contribution in [0.1, 0.15) is 5.56 Å². The Bertz CT molecular complexity index is 446. The molecular formula is C12H14ClNO3. The molecule has 0 bridgehead atoms. The minimum absolute atomic E-state index is 0.0335. The molecule has 0 amide bonds. The fourth-order valence-electron chi connectivity index (χ4n) is 1.72. The number of nitrogens with one attached hydrogen (secondary N) is 1. The van der Waals surface area contributed by atoms with Crippen molar-refractivity contribution in [3.05, 3.63) is 28.3 Å². The van der Waals surface area contributed by atoms with E-state index in [4.69, 9.17) is 21.1 Å². The lowest BCUT2D eigenvalue weighted by Gasteiger charge is -2.18. The van der Waals surface area contributed by atoms with Crippen molar-refractivity contribution in [3.63, 3.8) is 0 Å². The lowest BCUT2D eigenvalue weighted by molar-refractivity contribution is 0.164. The molecule has 2 N–H and O–H groups in total. The number of aliphatic hydroxyl groups excluding tert-OH is 1. The quantitative estimate of drug-likeness (QED) is 0.850.